The van der Waals surface area contributed by atoms with Crippen molar-refractivity contribution in [2.75, 3.05) is 10.6 Å². The molecule has 6 heteroatoms. The molecule has 3 aromatic carbocycles. The Balaban J connectivity index is 1.67. The molecule has 0 atom stereocenters. The topological polar surface area (TPSA) is 54.0 Å². The zero-order chi connectivity index (χ0) is 19.5. The minimum Gasteiger partial charge on any atom is -0.340 e. The lowest BCUT2D eigenvalue weighted by atomic mass is 10.1. The number of rotatable bonds is 4. The van der Waals surface area contributed by atoms with Gasteiger partial charge in [-0.3, -0.25) is 4.79 Å². The Morgan fingerprint density at radius 2 is 1.32 bits per heavy atom. The second kappa shape index (κ2) is 7.44. The first-order valence-electron chi connectivity index (χ1n) is 8.57. The number of amides is 1. The van der Waals surface area contributed by atoms with Crippen LogP contribution in [0.3, 0.4) is 0 Å². The van der Waals surface area contributed by atoms with Crippen LogP contribution in [0, 0.1) is 11.6 Å². The number of hydrogen-bond acceptors (Lipinski definition) is 3. The van der Waals surface area contributed by atoms with E-state index in [1.807, 2.05) is 24.3 Å². The van der Waals surface area contributed by atoms with Gasteiger partial charge in [0.25, 0.3) is 5.91 Å². The summed E-state index contributed by atoms with van der Waals surface area (Å²) < 4.78 is 26.2. The SMILES string of the molecule is O=C(Nc1ccc(F)cc1)c1cnc(Nc2ccc(F)cc2)c2ccccc12. The van der Waals surface area contributed by atoms with E-state index in [1.54, 1.807) is 12.1 Å². The highest BCUT2D eigenvalue weighted by molar-refractivity contribution is 6.14. The van der Waals surface area contributed by atoms with Crippen molar-refractivity contribution in [3.63, 3.8) is 0 Å². The number of fused-ring (bicyclic) bond motifs is 1. The average molecular weight is 375 g/mol. The van der Waals surface area contributed by atoms with Crippen molar-refractivity contribution >= 4 is 33.9 Å². The summed E-state index contributed by atoms with van der Waals surface area (Å²) in [5, 5.41) is 7.35. The highest BCUT2D eigenvalue weighted by Gasteiger charge is 2.14. The van der Waals surface area contributed by atoms with Gasteiger partial charge in [-0.15, -0.1) is 0 Å². The molecule has 0 aliphatic heterocycles. The molecule has 0 aliphatic rings. The molecule has 0 bridgehead atoms. The van der Waals surface area contributed by atoms with E-state index < -0.39 is 0 Å². The summed E-state index contributed by atoms with van der Waals surface area (Å²) in [4.78, 5) is 17.1. The summed E-state index contributed by atoms with van der Waals surface area (Å²) in [6.45, 7) is 0. The van der Waals surface area contributed by atoms with Gasteiger partial charge in [-0.25, -0.2) is 13.8 Å². The molecule has 0 saturated heterocycles. The number of aromatic nitrogens is 1. The predicted molar refractivity (Wildman–Crippen MR) is 106 cm³/mol. The van der Waals surface area contributed by atoms with Crippen LogP contribution in [-0.4, -0.2) is 10.9 Å². The number of halogens is 2. The standard InChI is InChI=1S/C22H15F2N3O/c23-14-5-9-16(10-6-14)26-21-19-4-2-1-3-18(19)20(13-25-21)22(28)27-17-11-7-15(24)8-12-17/h1-13H,(H,25,26)(H,27,28). The number of anilines is 3. The van der Waals surface area contributed by atoms with Crippen LogP contribution in [0.2, 0.25) is 0 Å². The molecular formula is C22H15F2N3O. The Hall–Kier alpha value is -3.80. The van der Waals surface area contributed by atoms with Crippen molar-refractivity contribution in [1.82, 2.24) is 4.98 Å². The summed E-state index contributed by atoms with van der Waals surface area (Å²) in [6.07, 6.45) is 1.48. The van der Waals surface area contributed by atoms with E-state index in [1.165, 1.54) is 42.6 Å². The molecule has 1 heterocycles. The van der Waals surface area contributed by atoms with Crippen molar-refractivity contribution < 1.29 is 13.6 Å². The molecule has 1 aromatic heterocycles. The lowest BCUT2D eigenvalue weighted by molar-refractivity contribution is 0.102. The molecule has 0 spiro atoms. The quantitative estimate of drug-likeness (QED) is 0.495. The molecule has 0 aliphatic carbocycles. The molecule has 0 fully saturated rings. The van der Waals surface area contributed by atoms with Gasteiger partial charge in [-0.05, 0) is 53.9 Å². The van der Waals surface area contributed by atoms with Gasteiger partial charge in [-0.1, -0.05) is 24.3 Å². The first-order valence-corrected chi connectivity index (χ1v) is 8.57. The van der Waals surface area contributed by atoms with Crippen LogP contribution in [0.5, 0.6) is 0 Å². The van der Waals surface area contributed by atoms with E-state index in [0.29, 0.717) is 28.1 Å². The molecule has 1 amide bonds. The van der Waals surface area contributed by atoms with Gasteiger partial charge in [0.1, 0.15) is 17.5 Å². The maximum atomic E-state index is 13.1. The molecule has 4 rings (SSSR count). The maximum absolute atomic E-state index is 13.1. The summed E-state index contributed by atoms with van der Waals surface area (Å²) in [5.74, 6) is -0.485. The minimum absolute atomic E-state index is 0.323. The van der Waals surface area contributed by atoms with Crippen molar-refractivity contribution in [1.29, 1.82) is 0 Å². The van der Waals surface area contributed by atoms with E-state index in [4.69, 9.17) is 0 Å². The second-order valence-corrected chi connectivity index (χ2v) is 6.16. The van der Waals surface area contributed by atoms with Gasteiger partial charge in [0.05, 0.1) is 5.56 Å². The van der Waals surface area contributed by atoms with Gasteiger partial charge < -0.3 is 10.6 Å². The predicted octanol–water partition coefficient (Wildman–Crippen LogP) is 5.51. The Bertz CT molecular complexity index is 1140. The Morgan fingerprint density at radius 1 is 0.750 bits per heavy atom. The van der Waals surface area contributed by atoms with Gasteiger partial charge in [0.15, 0.2) is 0 Å². The number of nitrogens with one attached hydrogen (secondary N) is 2. The van der Waals surface area contributed by atoms with Crippen LogP contribution in [0.15, 0.2) is 79.0 Å². The third kappa shape index (κ3) is 3.66. The fourth-order valence-corrected chi connectivity index (χ4v) is 2.87. The van der Waals surface area contributed by atoms with Crippen LogP contribution < -0.4 is 10.6 Å². The van der Waals surface area contributed by atoms with Crippen LogP contribution in [0.25, 0.3) is 10.8 Å². The number of hydrogen-bond donors (Lipinski definition) is 2. The van der Waals surface area contributed by atoms with Crippen LogP contribution >= 0.6 is 0 Å². The molecule has 0 saturated carbocycles. The third-order valence-electron chi connectivity index (χ3n) is 4.25. The Labute approximate surface area is 159 Å². The van der Waals surface area contributed by atoms with E-state index in [-0.39, 0.29) is 17.5 Å². The smallest absolute Gasteiger partial charge is 0.257 e. The first kappa shape index (κ1) is 17.6. The van der Waals surface area contributed by atoms with E-state index in [9.17, 15) is 13.6 Å². The summed E-state index contributed by atoms with van der Waals surface area (Å²) >= 11 is 0. The third-order valence-corrected chi connectivity index (χ3v) is 4.25. The Morgan fingerprint density at radius 3 is 1.96 bits per heavy atom. The van der Waals surface area contributed by atoms with Crippen molar-refractivity contribution in [2.24, 2.45) is 0 Å². The van der Waals surface area contributed by atoms with Gasteiger partial charge in [0, 0.05) is 23.0 Å². The highest BCUT2D eigenvalue weighted by Crippen LogP contribution is 2.27. The number of nitrogens with zero attached hydrogens (tertiary/aromatic N) is 1. The average Bonchev–Trinajstić information content (AvgIpc) is 2.71. The van der Waals surface area contributed by atoms with Crippen LogP contribution in [0.1, 0.15) is 10.4 Å². The van der Waals surface area contributed by atoms with Crippen molar-refractivity contribution in [3.05, 3.63) is 96.2 Å². The molecule has 0 unspecified atom stereocenters. The Kier molecular flexibility index (Phi) is 4.68. The van der Waals surface area contributed by atoms with Gasteiger partial charge >= 0.3 is 0 Å². The van der Waals surface area contributed by atoms with Crippen molar-refractivity contribution in [2.45, 2.75) is 0 Å². The minimum atomic E-state index is -0.374. The molecule has 2 N–H and O–H groups in total. The number of pyridine rings is 1. The lowest BCUT2D eigenvalue weighted by Crippen LogP contribution is -2.13. The van der Waals surface area contributed by atoms with E-state index >= 15 is 0 Å². The monoisotopic (exact) mass is 375 g/mol. The fraction of sp³-hybridized carbons (Fsp3) is 0. The number of carbonyl (C=O) groups is 1. The largest absolute Gasteiger partial charge is 0.340 e. The van der Waals surface area contributed by atoms with Gasteiger partial charge in [0.2, 0.25) is 0 Å². The maximum Gasteiger partial charge on any atom is 0.257 e. The van der Waals surface area contributed by atoms with Gasteiger partial charge in [-0.2, -0.15) is 0 Å². The molecule has 4 nitrogen and oxygen atoms in total. The summed E-state index contributed by atoms with van der Waals surface area (Å²) in [7, 11) is 0. The first-order chi connectivity index (χ1) is 13.6. The molecule has 4 aromatic rings. The second-order valence-electron chi connectivity index (χ2n) is 6.16. The van der Waals surface area contributed by atoms with Crippen LogP contribution in [0.4, 0.5) is 26.0 Å². The van der Waals surface area contributed by atoms with Crippen LogP contribution in [-0.2, 0) is 0 Å². The molecular weight excluding hydrogens is 360 g/mol. The van der Waals surface area contributed by atoms with Crippen molar-refractivity contribution in [3.8, 4) is 0 Å². The van der Waals surface area contributed by atoms with E-state index in [0.717, 1.165) is 5.39 Å². The fourth-order valence-electron chi connectivity index (χ4n) is 2.87. The molecule has 138 valence electrons. The zero-order valence-electron chi connectivity index (χ0n) is 14.6. The summed E-state index contributed by atoms with van der Waals surface area (Å²) in [5.41, 5.74) is 1.57. The normalized spacial score (nSPS) is 10.6. The lowest BCUT2D eigenvalue weighted by Gasteiger charge is -2.12. The zero-order valence-corrected chi connectivity index (χ0v) is 14.6. The number of benzene rings is 3. The highest BCUT2D eigenvalue weighted by atomic mass is 19.1. The van der Waals surface area contributed by atoms with E-state index in [2.05, 4.69) is 15.6 Å². The number of carbonyl (C=O) groups excluding carboxylic acids is 1. The molecule has 28 heavy (non-hydrogen) atoms. The summed E-state index contributed by atoms with van der Waals surface area (Å²) in [6, 6.07) is 18.8. The molecule has 0 radical (unpaired) electrons.